The van der Waals surface area contributed by atoms with Gasteiger partial charge in [-0.2, -0.15) is 0 Å². The van der Waals surface area contributed by atoms with Gasteiger partial charge in [0.15, 0.2) is 0 Å². The van der Waals surface area contributed by atoms with Gasteiger partial charge in [0.1, 0.15) is 0 Å². The van der Waals surface area contributed by atoms with E-state index in [0.29, 0.717) is 12.3 Å². The van der Waals surface area contributed by atoms with E-state index in [4.69, 9.17) is 5.73 Å². The molecule has 3 atom stereocenters. The van der Waals surface area contributed by atoms with Crippen LogP contribution in [0, 0.1) is 11.8 Å². The molecule has 0 saturated heterocycles. The third kappa shape index (κ3) is 5.26. The second-order valence-corrected chi connectivity index (χ2v) is 4.73. The molecule has 4 heteroatoms. The standard InChI is InChI=1S/C12H23N2O2/c1-5-9(4)11(7-15)14-12(16)10(13)6-8(2)3/h8-11H,5-6,13H2,1-4H3,(H,14,16)/t9-,10-,11+/m0/s1. The molecule has 1 radical (unpaired) electrons. The molecule has 3 N–H and O–H groups in total. The Balaban J connectivity index is 4.24. The summed E-state index contributed by atoms with van der Waals surface area (Å²) in [6, 6.07) is -1.09. The summed E-state index contributed by atoms with van der Waals surface area (Å²) in [5, 5.41) is 2.63. The second-order valence-electron chi connectivity index (χ2n) is 4.73. The Bertz CT molecular complexity index is 229. The third-order valence-corrected chi connectivity index (χ3v) is 2.70. The van der Waals surface area contributed by atoms with E-state index in [-0.39, 0.29) is 11.8 Å². The highest BCUT2D eigenvalue weighted by Crippen LogP contribution is 2.07. The van der Waals surface area contributed by atoms with Gasteiger partial charge in [-0.25, -0.2) is 0 Å². The maximum absolute atomic E-state index is 11.7. The van der Waals surface area contributed by atoms with Crippen LogP contribution in [0.3, 0.4) is 0 Å². The molecule has 0 aliphatic heterocycles. The van der Waals surface area contributed by atoms with E-state index in [9.17, 15) is 9.59 Å². The molecule has 0 unspecified atom stereocenters. The summed E-state index contributed by atoms with van der Waals surface area (Å²) >= 11 is 0. The number of nitrogens with one attached hydrogen (secondary N) is 1. The van der Waals surface area contributed by atoms with Crippen molar-refractivity contribution >= 4 is 12.2 Å². The van der Waals surface area contributed by atoms with Crippen LogP contribution in [-0.4, -0.2) is 24.3 Å². The molecule has 0 aromatic carbocycles. The van der Waals surface area contributed by atoms with Crippen LogP contribution in [-0.2, 0) is 9.59 Å². The third-order valence-electron chi connectivity index (χ3n) is 2.70. The number of hydrogen-bond donors (Lipinski definition) is 2. The zero-order valence-corrected chi connectivity index (χ0v) is 10.6. The number of rotatable bonds is 7. The van der Waals surface area contributed by atoms with Crippen LogP contribution in [0.2, 0.25) is 0 Å². The number of hydrogen-bond acceptors (Lipinski definition) is 3. The second kappa shape index (κ2) is 7.39. The normalized spacial score (nSPS) is 16.6. The highest BCUT2D eigenvalue weighted by Gasteiger charge is 2.22. The van der Waals surface area contributed by atoms with Crippen molar-refractivity contribution in [3.8, 4) is 0 Å². The van der Waals surface area contributed by atoms with Gasteiger partial charge in [0.2, 0.25) is 12.2 Å². The van der Waals surface area contributed by atoms with Crippen molar-refractivity contribution < 1.29 is 9.59 Å². The summed E-state index contributed by atoms with van der Waals surface area (Å²) in [6.07, 6.45) is 3.30. The molecule has 0 aromatic heterocycles. The molecule has 0 aromatic rings. The summed E-state index contributed by atoms with van der Waals surface area (Å²) in [5.41, 5.74) is 5.72. The monoisotopic (exact) mass is 227 g/mol. The van der Waals surface area contributed by atoms with Crippen molar-refractivity contribution in [2.75, 3.05) is 0 Å². The first-order chi connectivity index (χ1) is 7.42. The predicted octanol–water partition coefficient (Wildman–Crippen LogP) is 1.00. The molecule has 1 amide bonds. The van der Waals surface area contributed by atoms with Crippen LogP contribution in [0.1, 0.15) is 40.5 Å². The zero-order valence-electron chi connectivity index (χ0n) is 10.6. The topological polar surface area (TPSA) is 72.2 Å². The van der Waals surface area contributed by atoms with Crippen LogP contribution in [0.25, 0.3) is 0 Å². The number of carbonyl (C=O) groups is 1. The Morgan fingerprint density at radius 3 is 2.31 bits per heavy atom. The molecule has 0 spiro atoms. The van der Waals surface area contributed by atoms with Gasteiger partial charge >= 0.3 is 0 Å². The lowest BCUT2D eigenvalue weighted by atomic mass is 9.99. The molecule has 0 rings (SSSR count). The summed E-state index contributed by atoms with van der Waals surface area (Å²) in [4.78, 5) is 22.4. The summed E-state index contributed by atoms with van der Waals surface area (Å²) in [6.45, 7) is 7.88. The van der Waals surface area contributed by atoms with Gasteiger partial charge in [-0.15, -0.1) is 0 Å². The molecule has 0 heterocycles. The SMILES string of the molecule is CC[C@H](C)[C@@H]([C]=O)NC(=O)[C@@H](N)CC(C)C. The molecule has 93 valence electrons. The smallest absolute Gasteiger partial charge is 0.237 e. The van der Waals surface area contributed by atoms with Crippen molar-refractivity contribution in [1.29, 1.82) is 0 Å². The molecular weight excluding hydrogens is 204 g/mol. The quantitative estimate of drug-likeness (QED) is 0.681. The fourth-order valence-electron chi connectivity index (χ4n) is 1.40. The van der Waals surface area contributed by atoms with Gasteiger partial charge < -0.3 is 11.1 Å². The molecule has 4 nitrogen and oxygen atoms in total. The van der Waals surface area contributed by atoms with Crippen molar-refractivity contribution in [3.05, 3.63) is 0 Å². The fourth-order valence-corrected chi connectivity index (χ4v) is 1.40. The summed E-state index contributed by atoms with van der Waals surface area (Å²) in [5.74, 6) is 0.193. The van der Waals surface area contributed by atoms with E-state index in [0.717, 1.165) is 6.42 Å². The average molecular weight is 227 g/mol. The molecule has 16 heavy (non-hydrogen) atoms. The molecule has 0 aliphatic carbocycles. The first-order valence-electron chi connectivity index (χ1n) is 5.85. The van der Waals surface area contributed by atoms with Crippen LogP contribution < -0.4 is 11.1 Å². The van der Waals surface area contributed by atoms with E-state index in [1.807, 2.05) is 34.0 Å². The minimum atomic E-state index is -0.546. The van der Waals surface area contributed by atoms with Crippen molar-refractivity contribution in [3.63, 3.8) is 0 Å². The molecule has 0 fully saturated rings. The average Bonchev–Trinajstić information content (AvgIpc) is 2.23. The Hall–Kier alpha value is -0.900. The van der Waals surface area contributed by atoms with Crippen molar-refractivity contribution in [1.82, 2.24) is 5.32 Å². The van der Waals surface area contributed by atoms with Crippen molar-refractivity contribution in [2.24, 2.45) is 17.6 Å². The van der Waals surface area contributed by atoms with Gasteiger partial charge in [-0.3, -0.25) is 9.59 Å². The van der Waals surface area contributed by atoms with Gasteiger partial charge in [0.05, 0.1) is 12.1 Å². The van der Waals surface area contributed by atoms with Crippen LogP contribution in [0.5, 0.6) is 0 Å². The van der Waals surface area contributed by atoms with Gasteiger partial charge in [0, 0.05) is 0 Å². The lowest BCUT2D eigenvalue weighted by Gasteiger charge is -2.21. The predicted molar refractivity (Wildman–Crippen MR) is 64.5 cm³/mol. The van der Waals surface area contributed by atoms with Crippen molar-refractivity contribution in [2.45, 2.75) is 52.6 Å². The molecule has 0 aliphatic rings. The van der Waals surface area contributed by atoms with E-state index < -0.39 is 12.1 Å². The first-order valence-corrected chi connectivity index (χ1v) is 5.85. The number of amides is 1. The Kier molecular flexibility index (Phi) is 6.97. The molecular formula is C12H23N2O2. The Morgan fingerprint density at radius 1 is 1.38 bits per heavy atom. The van der Waals surface area contributed by atoms with Gasteiger partial charge in [0.25, 0.3) is 0 Å². The Labute approximate surface area is 98.0 Å². The largest absolute Gasteiger partial charge is 0.344 e. The van der Waals surface area contributed by atoms with E-state index >= 15 is 0 Å². The highest BCUT2D eigenvalue weighted by atomic mass is 16.2. The summed E-state index contributed by atoms with van der Waals surface area (Å²) < 4.78 is 0. The highest BCUT2D eigenvalue weighted by molar-refractivity contribution is 5.84. The van der Waals surface area contributed by atoms with Gasteiger partial charge in [-0.1, -0.05) is 34.1 Å². The zero-order chi connectivity index (χ0) is 12.7. The van der Waals surface area contributed by atoms with Crippen LogP contribution >= 0.6 is 0 Å². The van der Waals surface area contributed by atoms with E-state index in [1.54, 1.807) is 0 Å². The Morgan fingerprint density at radius 2 is 1.94 bits per heavy atom. The lowest BCUT2D eigenvalue weighted by Crippen LogP contribution is -2.48. The number of nitrogens with two attached hydrogens (primary N) is 1. The summed E-state index contributed by atoms with van der Waals surface area (Å²) in [7, 11) is 0. The lowest BCUT2D eigenvalue weighted by molar-refractivity contribution is -0.123. The molecule has 0 bridgehead atoms. The van der Waals surface area contributed by atoms with E-state index in [1.165, 1.54) is 0 Å². The first kappa shape index (κ1) is 15.1. The van der Waals surface area contributed by atoms with Crippen LogP contribution in [0.15, 0.2) is 0 Å². The minimum absolute atomic E-state index is 0.0905. The fraction of sp³-hybridized carbons (Fsp3) is 0.833. The van der Waals surface area contributed by atoms with Gasteiger partial charge in [-0.05, 0) is 18.3 Å². The van der Waals surface area contributed by atoms with Crippen LogP contribution in [0.4, 0.5) is 0 Å². The van der Waals surface area contributed by atoms with E-state index in [2.05, 4.69) is 5.32 Å². The maximum atomic E-state index is 11.7. The molecule has 0 saturated carbocycles. The maximum Gasteiger partial charge on any atom is 0.237 e. The minimum Gasteiger partial charge on any atom is -0.344 e. The number of carbonyl (C=O) groups excluding carboxylic acids is 2.